The Hall–Kier alpha value is -1.93. The minimum Gasteiger partial charge on any atom is -0.356 e. The van der Waals surface area contributed by atoms with E-state index in [2.05, 4.69) is 31.5 Å². The maximum atomic E-state index is 12.2. The maximum absolute atomic E-state index is 12.2. The summed E-state index contributed by atoms with van der Waals surface area (Å²) in [5.41, 5.74) is 0.566. The standard InChI is InChI=1S/C20H29BrN4O3/c1-24(2)20(28)17-5-3-13-25(17)14-4-11-22-18(26)10-12-23-19(27)15-6-8-16(21)9-7-15/h6-9,17H,3-5,10-14H2,1-2H3,(H,22,26)(H,23,27). The molecule has 154 valence electrons. The monoisotopic (exact) mass is 452 g/mol. The van der Waals surface area contributed by atoms with Crippen molar-refractivity contribution in [2.45, 2.75) is 31.7 Å². The van der Waals surface area contributed by atoms with Crippen LogP contribution in [0.5, 0.6) is 0 Å². The predicted octanol–water partition coefficient (Wildman–Crippen LogP) is 1.63. The highest BCUT2D eigenvalue weighted by atomic mass is 79.9. The quantitative estimate of drug-likeness (QED) is 0.557. The van der Waals surface area contributed by atoms with Crippen LogP contribution in [0, 0.1) is 0 Å². The van der Waals surface area contributed by atoms with Crippen LogP contribution in [0.4, 0.5) is 0 Å². The summed E-state index contributed by atoms with van der Waals surface area (Å²) in [7, 11) is 3.57. The highest BCUT2D eigenvalue weighted by Gasteiger charge is 2.30. The highest BCUT2D eigenvalue weighted by molar-refractivity contribution is 9.10. The Labute approximate surface area is 175 Å². The molecule has 1 saturated heterocycles. The lowest BCUT2D eigenvalue weighted by atomic mass is 10.2. The molecule has 2 N–H and O–H groups in total. The highest BCUT2D eigenvalue weighted by Crippen LogP contribution is 2.18. The first-order chi connectivity index (χ1) is 13.4. The largest absolute Gasteiger partial charge is 0.356 e. The summed E-state index contributed by atoms with van der Waals surface area (Å²) in [6.07, 6.45) is 2.98. The second-order valence-corrected chi connectivity index (χ2v) is 8.06. The van der Waals surface area contributed by atoms with Crippen LogP contribution in [0.2, 0.25) is 0 Å². The molecule has 0 radical (unpaired) electrons. The van der Waals surface area contributed by atoms with E-state index < -0.39 is 0 Å². The molecule has 28 heavy (non-hydrogen) atoms. The summed E-state index contributed by atoms with van der Waals surface area (Å²) >= 11 is 3.33. The van der Waals surface area contributed by atoms with Crippen LogP contribution in [-0.4, -0.2) is 73.8 Å². The topological polar surface area (TPSA) is 81.8 Å². The van der Waals surface area contributed by atoms with Gasteiger partial charge in [-0.1, -0.05) is 15.9 Å². The maximum Gasteiger partial charge on any atom is 0.251 e. The molecule has 1 atom stereocenters. The van der Waals surface area contributed by atoms with Gasteiger partial charge in [-0.25, -0.2) is 0 Å². The van der Waals surface area contributed by atoms with Gasteiger partial charge in [0.05, 0.1) is 6.04 Å². The number of benzene rings is 1. The van der Waals surface area contributed by atoms with Crippen LogP contribution in [0.1, 0.15) is 36.0 Å². The van der Waals surface area contributed by atoms with E-state index in [1.165, 1.54) is 0 Å². The molecule has 1 aromatic carbocycles. The molecule has 0 aromatic heterocycles. The molecule has 1 aliphatic rings. The van der Waals surface area contributed by atoms with Crippen molar-refractivity contribution >= 4 is 33.7 Å². The van der Waals surface area contributed by atoms with E-state index in [9.17, 15) is 14.4 Å². The van der Waals surface area contributed by atoms with Gasteiger partial charge < -0.3 is 15.5 Å². The molecule has 0 bridgehead atoms. The van der Waals surface area contributed by atoms with E-state index in [-0.39, 0.29) is 30.2 Å². The first kappa shape index (κ1) is 22.4. The van der Waals surface area contributed by atoms with Gasteiger partial charge in [0.15, 0.2) is 0 Å². The minimum absolute atomic E-state index is 0.0282. The summed E-state index contributed by atoms with van der Waals surface area (Å²) in [5, 5.41) is 5.62. The molecule has 3 amide bonds. The Morgan fingerprint density at radius 1 is 1.14 bits per heavy atom. The van der Waals surface area contributed by atoms with Crippen molar-refractivity contribution in [1.29, 1.82) is 0 Å². The lowest BCUT2D eigenvalue weighted by Crippen LogP contribution is -2.43. The van der Waals surface area contributed by atoms with Crippen LogP contribution in [-0.2, 0) is 9.59 Å². The molecule has 1 aliphatic heterocycles. The Balaban J connectivity index is 1.59. The van der Waals surface area contributed by atoms with E-state index in [1.54, 1.807) is 43.3 Å². The molecule has 0 spiro atoms. The van der Waals surface area contributed by atoms with E-state index in [0.717, 1.165) is 36.8 Å². The molecule has 1 unspecified atom stereocenters. The third-order valence-electron chi connectivity index (χ3n) is 4.78. The third kappa shape index (κ3) is 6.91. The number of nitrogens with one attached hydrogen (secondary N) is 2. The Bertz CT molecular complexity index is 679. The zero-order valence-electron chi connectivity index (χ0n) is 16.5. The average molecular weight is 453 g/mol. The van der Waals surface area contributed by atoms with Gasteiger partial charge in [0.1, 0.15) is 0 Å². The van der Waals surface area contributed by atoms with Crippen LogP contribution in [0.25, 0.3) is 0 Å². The normalized spacial score (nSPS) is 16.6. The van der Waals surface area contributed by atoms with E-state index in [1.807, 2.05) is 0 Å². The number of amides is 3. The number of carbonyl (C=O) groups excluding carboxylic acids is 3. The van der Waals surface area contributed by atoms with E-state index in [4.69, 9.17) is 0 Å². The lowest BCUT2D eigenvalue weighted by molar-refractivity contribution is -0.133. The molecule has 7 nitrogen and oxygen atoms in total. The van der Waals surface area contributed by atoms with Gasteiger partial charge in [-0.05, 0) is 50.1 Å². The van der Waals surface area contributed by atoms with Crippen molar-refractivity contribution in [2.24, 2.45) is 0 Å². The number of likely N-dealkylation sites (tertiary alicyclic amines) is 1. The second kappa shape index (κ2) is 11.2. The van der Waals surface area contributed by atoms with Crippen LogP contribution in [0.3, 0.4) is 0 Å². The minimum atomic E-state index is -0.189. The molecule has 0 saturated carbocycles. The number of rotatable bonds is 9. The fourth-order valence-corrected chi connectivity index (χ4v) is 3.53. The number of hydrogen-bond donors (Lipinski definition) is 2. The van der Waals surface area contributed by atoms with Crippen molar-refractivity contribution in [1.82, 2.24) is 20.4 Å². The Morgan fingerprint density at radius 2 is 1.86 bits per heavy atom. The van der Waals surface area contributed by atoms with Gasteiger partial charge in [-0.15, -0.1) is 0 Å². The molecule has 8 heteroatoms. The van der Waals surface area contributed by atoms with Gasteiger partial charge in [-0.2, -0.15) is 0 Å². The second-order valence-electron chi connectivity index (χ2n) is 7.14. The number of likely N-dealkylation sites (N-methyl/N-ethyl adjacent to an activating group) is 1. The first-order valence-electron chi connectivity index (χ1n) is 9.64. The van der Waals surface area contributed by atoms with Crippen molar-refractivity contribution in [3.63, 3.8) is 0 Å². The fourth-order valence-electron chi connectivity index (χ4n) is 3.26. The van der Waals surface area contributed by atoms with Crippen molar-refractivity contribution < 1.29 is 14.4 Å². The smallest absolute Gasteiger partial charge is 0.251 e. The summed E-state index contributed by atoms with van der Waals surface area (Å²) in [5.74, 6) is -0.118. The summed E-state index contributed by atoms with van der Waals surface area (Å²) in [4.78, 5) is 39.9. The predicted molar refractivity (Wildman–Crippen MR) is 112 cm³/mol. The van der Waals surface area contributed by atoms with Gasteiger partial charge in [0, 0.05) is 50.2 Å². The van der Waals surface area contributed by atoms with Crippen LogP contribution >= 0.6 is 15.9 Å². The average Bonchev–Trinajstić information content (AvgIpc) is 3.13. The zero-order valence-corrected chi connectivity index (χ0v) is 18.1. The third-order valence-corrected chi connectivity index (χ3v) is 5.31. The van der Waals surface area contributed by atoms with Crippen LogP contribution < -0.4 is 10.6 Å². The molecule has 0 aliphatic carbocycles. The van der Waals surface area contributed by atoms with Gasteiger partial charge in [0.2, 0.25) is 11.8 Å². The fraction of sp³-hybridized carbons (Fsp3) is 0.550. The van der Waals surface area contributed by atoms with E-state index >= 15 is 0 Å². The van der Waals surface area contributed by atoms with Crippen molar-refractivity contribution in [3.8, 4) is 0 Å². The van der Waals surface area contributed by atoms with E-state index in [0.29, 0.717) is 18.7 Å². The van der Waals surface area contributed by atoms with Gasteiger partial charge in [-0.3, -0.25) is 19.3 Å². The summed E-state index contributed by atoms with van der Waals surface area (Å²) in [6, 6.07) is 7.04. The lowest BCUT2D eigenvalue weighted by Gasteiger charge is -2.26. The van der Waals surface area contributed by atoms with Gasteiger partial charge in [0.25, 0.3) is 5.91 Å². The molecular weight excluding hydrogens is 424 g/mol. The number of halogens is 1. The number of hydrogen-bond acceptors (Lipinski definition) is 4. The Morgan fingerprint density at radius 3 is 2.54 bits per heavy atom. The number of carbonyl (C=O) groups is 3. The molecule has 2 rings (SSSR count). The Kier molecular flexibility index (Phi) is 8.92. The molecule has 1 heterocycles. The first-order valence-corrected chi connectivity index (χ1v) is 10.4. The zero-order chi connectivity index (χ0) is 20.5. The molecule has 1 aromatic rings. The SMILES string of the molecule is CN(C)C(=O)C1CCCN1CCCNC(=O)CCNC(=O)c1ccc(Br)cc1. The number of nitrogens with zero attached hydrogens (tertiary/aromatic N) is 2. The summed E-state index contributed by atoms with van der Waals surface area (Å²) < 4.78 is 0.912. The van der Waals surface area contributed by atoms with Gasteiger partial charge >= 0.3 is 0 Å². The molecular formula is C20H29BrN4O3. The molecule has 1 fully saturated rings. The van der Waals surface area contributed by atoms with Crippen molar-refractivity contribution in [2.75, 3.05) is 40.3 Å². The van der Waals surface area contributed by atoms with Crippen LogP contribution in [0.15, 0.2) is 28.7 Å². The van der Waals surface area contributed by atoms with Crippen molar-refractivity contribution in [3.05, 3.63) is 34.3 Å². The summed E-state index contributed by atoms with van der Waals surface area (Å²) in [6.45, 7) is 2.59.